The number of hydrogen-bond acceptors (Lipinski definition) is 3. The molecule has 2 rings (SSSR count). The molecule has 1 aromatic carbocycles. The number of pyridine rings is 1. The number of halogens is 1. The lowest BCUT2D eigenvalue weighted by Gasteiger charge is -2.01. The van der Waals surface area contributed by atoms with Gasteiger partial charge in [0.15, 0.2) is 0 Å². The van der Waals surface area contributed by atoms with E-state index in [1.807, 2.05) is 24.3 Å². The van der Waals surface area contributed by atoms with Crippen LogP contribution in [0.4, 0.5) is 0 Å². The van der Waals surface area contributed by atoms with E-state index in [9.17, 15) is 4.79 Å². The molecule has 0 aliphatic carbocycles. The lowest BCUT2D eigenvalue weighted by molar-refractivity contribution is 0.0594. The first-order chi connectivity index (χ1) is 7.20. The zero-order valence-electron chi connectivity index (χ0n) is 8.03. The fourth-order valence-electron chi connectivity index (χ4n) is 1.31. The van der Waals surface area contributed by atoms with Gasteiger partial charge < -0.3 is 4.74 Å². The van der Waals surface area contributed by atoms with Crippen LogP contribution in [0.3, 0.4) is 0 Å². The number of nitrogens with zero attached hydrogens (tertiary/aromatic N) is 1. The Bertz CT molecular complexity index is 525. The Morgan fingerprint density at radius 1 is 1.33 bits per heavy atom. The number of benzene rings is 1. The van der Waals surface area contributed by atoms with Crippen LogP contribution in [0.5, 0.6) is 0 Å². The molecular formula is C11H8INO2. The number of methoxy groups -OCH3 is 1. The minimum absolute atomic E-state index is 0.339. The van der Waals surface area contributed by atoms with Crippen molar-refractivity contribution in [2.24, 2.45) is 0 Å². The molecule has 2 aromatic rings. The quantitative estimate of drug-likeness (QED) is 0.600. The second kappa shape index (κ2) is 4.14. The largest absolute Gasteiger partial charge is 0.464 e. The lowest BCUT2D eigenvalue weighted by atomic mass is 10.2. The number of hydrogen-bond donors (Lipinski definition) is 0. The summed E-state index contributed by atoms with van der Waals surface area (Å²) in [5.41, 5.74) is 1.14. The summed E-state index contributed by atoms with van der Waals surface area (Å²) in [4.78, 5) is 15.4. The van der Waals surface area contributed by atoms with E-state index in [0.717, 1.165) is 14.5 Å². The SMILES string of the molecule is COC(=O)c1ccc2cc(I)ccc2n1. The molecule has 0 atom stereocenters. The molecule has 0 aliphatic heterocycles. The summed E-state index contributed by atoms with van der Waals surface area (Å²) < 4.78 is 5.75. The molecule has 0 fully saturated rings. The predicted octanol–water partition coefficient (Wildman–Crippen LogP) is 2.63. The van der Waals surface area contributed by atoms with Gasteiger partial charge in [0.25, 0.3) is 0 Å². The zero-order valence-corrected chi connectivity index (χ0v) is 10.2. The van der Waals surface area contributed by atoms with Crippen molar-refractivity contribution in [1.29, 1.82) is 0 Å². The van der Waals surface area contributed by atoms with Crippen LogP contribution >= 0.6 is 22.6 Å². The molecule has 76 valence electrons. The van der Waals surface area contributed by atoms with Crippen molar-refractivity contribution >= 4 is 39.5 Å². The van der Waals surface area contributed by atoms with E-state index in [0.29, 0.717) is 5.69 Å². The minimum atomic E-state index is -0.407. The maximum absolute atomic E-state index is 11.2. The maximum atomic E-state index is 11.2. The molecule has 0 saturated heterocycles. The minimum Gasteiger partial charge on any atom is -0.464 e. The molecule has 0 unspecified atom stereocenters. The molecule has 0 bridgehead atoms. The third kappa shape index (κ3) is 2.09. The summed E-state index contributed by atoms with van der Waals surface area (Å²) in [5, 5.41) is 1.02. The van der Waals surface area contributed by atoms with E-state index < -0.39 is 5.97 Å². The Balaban J connectivity index is 2.57. The first-order valence-corrected chi connectivity index (χ1v) is 5.43. The maximum Gasteiger partial charge on any atom is 0.356 e. The highest BCUT2D eigenvalue weighted by Gasteiger charge is 2.07. The Hall–Kier alpha value is -1.17. The van der Waals surface area contributed by atoms with Gasteiger partial charge >= 0.3 is 5.97 Å². The van der Waals surface area contributed by atoms with Gasteiger partial charge in [-0.25, -0.2) is 9.78 Å². The van der Waals surface area contributed by atoms with Crippen molar-refractivity contribution < 1.29 is 9.53 Å². The van der Waals surface area contributed by atoms with Crippen molar-refractivity contribution in [2.75, 3.05) is 7.11 Å². The highest BCUT2D eigenvalue weighted by Crippen LogP contribution is 2.16. The average Bonchev–Trinajstić information content (AvgIpc) is 2.27. The van der Waals surface area contributed by atoms with Crippen molar-refractivity contribution in [3.63, 3.8) is 0 Å². The van der Waals surface area contributed by atoms with Crippen molar-refractivity contribution in [1.82, 2.24) is 4.98 Å². The number of aromatic nitrogens is 1. The molecule has 4 heteroatoms. The Morgan fingerprint density at radius 3 is 2.87 bits per heavy atom. The molecule has 0 spiro atoms. The van der Waals surface area contributed by atoms with Crippen LogP contribution in [0.1, 0.15) is 10.5 Å². The van der Waals surface area contributed by atoms with E-state index in [1.54, 1.807) is 6.07 Å². The standard InChI is InChI=1S/C11H8INO2/c1-15-11(14)10-4-2-7-6-8(12)3-5-9(7)13-10/h2-6H,1H3. The van der Waals surface area contributed by atoms with Crippen LogP contribution in [-0.4, -0.2) is 18.1 Å². The summed E-state index contributed by atoms with van der Waals surface area (Å²) in [7, 11) is 1.35. The normalized spacial score (nSPS) is 10.3. The third-order valence-electron chi connectivity index (χ3n) is 2.05. The summed E-state index contributed by atoms with van der Waals surface area (Å²) in [6, 6.07) is 9.41. The predicted molar refractivity (Wildman–Crippen MR) is 65.8 cm³/mol. The topological polar surface area (TPSA) is 39.2 Å². The average molecular weight is 313 g/mol. The monoisotopic (exact) mass is 313 g/mol. The van der Waals surface area contributed by atoms with Gasteiger partial charge in [-0.05, 0) is 46.9 Å². The van der Waals surface area contributed by atoms with E-state index in [4.69, 9.17) is 0 Å². The molecule has 1 heterocycles. The highest BCUT2D eigenvalue weighted by molar-refractivity contribution is 14.1. The zero-order chi connectivity index (χ0) is 10.8. The highest BCUT2D eigenvalue weighted by atomic mass is 127. The molecule has 0 saturated carbocycles. The molecule has 15 heavy (non-hydrogen) atoms. The number of carbonyl (C=O) groups is 1. The summed E-state index contributed by atoms with van der Waals surface area (Å²) in [6.07, 6.45) is 0. The Morgan fingerprint density at radius 2 is 2.13 bits per heavy atom. The van der Waals surface area contributed by atoms with Crippen LogP contribution in [-0.2, 0) is 4.74 Å². The van der Waals surface area contributed by atoms with E-state index in [2.05, 4.69) is 32.3 Å². The fourth-order valence-corrected chi connectivity index (χ4v) is 1.83. The first-order valence-electron chi connectivity index (χ1n) is 4.35. The van der Waals surface area contributed by atoms with Gasteiger partial charge in [0.05, 0.1) is 12.6 Å². The van der Waals surface area contributed by atoms with Gasteiger partial charge in [-0.15, -0.1) is 0 Å². The Kier molecular flexibility index (Phi) is 2.86. The van der Waals surface area contributed by atoms with Gasteiger partial charge in [0.2, 0.25) is 0 Å². The molecule has 0 radical (unpaired) electrons. The summed E-state index contributed by atoms with van der Waals surface area (Å²) in [6.45, 7) is 0. The fraction of sp³-hybridized carbons (Fsp3) is 0.0909. The second-order valence-electron chi connectivity index (χ2n) is 3.03. The van der Waals surface area contributed by atoms with Gasteiger partial charge in [-0.2, -0.15) is 0 Å². The van der Waals surface area contributed by atoms with E-state index in [1.165, 1.54) is 7.11 Å². The second-order valence-corrected chi connectivity index (χ2v) is 4.27. The van der Waals surface area contributed by atoms with Crippen molar-refractivity contribution in [3.8, 4) is 0 Å². The van der Waals surface area contributed by atoms with Crippen LogP contribution in [0.25, 0.3) is 10.9 Å². The van der Waals surface area contributed by atoms with E-state index >= 15 is 0 Å². The third-order valence-corrected chi connectivity index (χ3v) is 2.72. The summed E-state index contributed by atoms with van der Waals surface area (Å²) >= 11 is 2.24. The molecule has 0 N–H and O–H groups in total. The molecule has 3 nitrogen and oxygen atoms in total. The molecule has 0 aliphatic rings. The lowest BCUT2D eigenvalue weighted by Crippen LogP contribution is -2.03. The van der Waals surface area contributed by atoms with Gasteiger partial charge in [-0.1, -0.05) is 6.07 Å². The van der Waals surface area contributed by atoms with Crippen molar-refractivity contribution in [2.45, 2.75) is 0 Å². The molecule has 1 aromatic heterocycles. The van der Waals surface area contributed by atoms with Gasteiger partial charge in [-0.3, -0.25) is 0 Å². The summed E-state index contributed by atoms with van der Waals surface area (Å²) in [5.74, 6) is -0.407. The van der Waals surface area contributed by atoms with Crippen LogP contribution in [0.2, 0.25) is 0 Å². The van der Waals surface area contributed by atoms with E-state index in [-0.39, 0.29) is 0 Å². The Labute approximate surface area is 101 Å². The smallest absolute Gasteiger partial charge is 0.356 e. The number of rotatable bonds is 1. The molecular weight excluding hydrogens is 305 g/mol. The number of fused-ring (bicyclic) bond motifs is 1. The number of carbonyl (C=O) groups excluding carboxylic acids is 1. The first kappa shape index (κ1) is 10.4. The number of ether oxygens (including phenoxy) is 1. The van der Waals surface area contributed by atoms with Crippen LogP contribution in [0.15, 0.2) is 30.3 Å². The van der Waals surface area contributed by atoms with Crippen LogP contribution in [0, 0.1) is 3.57 Å². The molecule has 0 amide bonds. The van der Waals surface area contributed by atoms with Gasteiger partial charge in [0.1, 0.15) is 5.69 Å². The van der Waals surface area contributed by atoms with Crippen molar-refractivity contribution in [3.05, 3.63) is 39.6 Å². The van der Waals surface area contributed by atoms with Gasteiger partial charge in [0, 0.05) is 8.96 Å². The number of esters is 1. The van der Waals surface area contributed by atoms with Crippen LogP contribution < -0.4 is 0 Å².